The molecular weight excluding hydrogens is 252 g/mol. The first-order valence-electron chi connectivity index (χ1n) is 7.34. The molecule has 0 atom stereocenters. The Hall–Kier alpha value is -1.13. The number of rotatable bonds is 7. The van der Waals surface area contributed by atoms with Gasteiger partial charge in [0.2, 0.25) is 0 Å². The lowest BCUT2D eigenvalue weighted by molar-refractivity contribution is 0.184. The predicted octanol–water partition coefficient (Wildman–Crippen LogP) is 2.29. The van der Waals surface area contributed by atoms with Gasteiger partial charge in [-0.2, -0.15) is 0 Å². The number of aromatic nitrogens is 1. The summed E-state index contributed by atoms with van der Waals surface area (Å²) in [6, 6.07) is 4.02. The monoisotopic (exact) mass is 280 g/mol. The van der Waals surface area contributed by atoms with Gasteiger partial charge in [0.05, 0.1) is 6.61 Å². The van der Waals surface area contributed by atoms with Crippen molar-refractivity contribution < 1.29 is 4.74 Å². The molecule has 1 aromatic rings. The summed E-state index contributed by atoms with van der Waals surface area (Å²) < 4.78 is 6.99. The Balaban J connectivity index is 3.11. The van der Waals surface area contributed by atoms with E-state index in [2.05, 4.69) is 39.1 Å². The van der Waals surface area contributed by atoms with Gasteiger partial charge in [0, 0.05) is 36.9 Å². The highest BCUT2D eigenvalue weighted by Gasteiger charge is 2.19. The van der Waals surface area contributed by atoms with Crippen LogP contribution in [0.3, 0.4) is 0 Å². The first kappa shape index (κ1) is 16.9. The van der Waals surface area contributed by atoms with Gasteiger partial charge in [-0.3, -0.25) is 4.79 Å². The third-order valence-electron chi connectivity index (χ3n) is 3.28. The molecule has 0 radical (unpaired) electrons. The van der Waals surface area contributed by atoms with Crippen molar-refractivity contribution in [2.24, 2.45) is 0 Å². The number of nitrogens with zero attached hydrogens (tertiary/aromatic N) is 1. The summed E-state index contributed by atoms with van der Waals surface area (Å²) in [5, 5.41) is 3.29. The number of hydrogen-bond acceptors (Lipinski definition) is 3. The number of nitrogens with one attached hydrogen (secondary N) is 1. The summed E-state index contributed by atoms with van der Waals surface area (Å²) in [4.78, 5) is 12.6. The number of methoxy groups -OCH3 is 1. The van der Waals surface area contributed by atoms with E-state index in [4.69, 9.17) is 4.74 Å². The normalized spacial score (nSPS) is 11.8. The summed E-state index contributed by atoms with van der Waals surface area (Å²) in [7, 11) is 1.66. The van der Waals surface area contributed by atoms with Crippen molar-refractivity contribution in [2.45, 2.75) is 52.6 Å². The van der Waals surface area contributed by atoms with E-state index in [1.54, 1.807) is 7.11 Å². The van der Waals surface area contributed by atoms with Gasteiger partial charge >= 0.3 is 0 Å². The van der Waals surface area contributed by atoms with Gasteiger partial charge < -0.3 is 14.6 Å². The van der Waals surface area contributed by atoms with Gasteiger partial charge in [-0.05, 0) is 19.0 Å². The summed E-state index contributed by atoms with van der Waals surface area (Å²) in [6.45, 7) is 11.2. The van der Waals surface area contributed by atoms with Crippen LogP contribution in [-0.4, -0.2) is 24.8 Å². The molecule has 0 fully saturated rings. The first-order chi connectivity index (χ1) is 9.41. The summed E-state index contributed by atoms with van der Waals surface area (Å²) in [5.41, 5.74) is 1.92. The Bertz CT molecular complexity index is 472. The molecule has 0 aromatic carbocycles. The van der Waals surface area contributed by atoms with Gasteiger partial charge in [-0.1, -0.05) is 33.8 Å². The van der Waals surface area contributed by atoms with Crippen LogP contribution in [0, 0.1) is 0 Å². The lowest BCUT2D eigenvalue weighted by Crippen LogP contribution is -2.34. The van der Waals surface area contributed by atoms with Crippen molar-refractivity contribution in [3.8, 4) is 0 Å². The number of hydrogen-bond donors (Lipinski definition) is 1. The third-order valence-corrected chi connectivity index (χ3v) is 3.28. The van der Waals surface area contributed by atoms with Gasteiger partial charge in [0.1, 0.15) is 0 Å². The number of pyridine rings is 1. The van der Waals surface area contributed by atoms with Crippen molar-refractivity contribution in [1.82, 2.24) is 9.88 Å². The zero-order valence-electron chi connectivity index (χ0n) is 13.5. The van der Waals surface area contributed by atoms with Crippen LogP contribution < -0.4 is 10.9 Å². The van der Waals surface area contributed by atoms with Crippen LogP contribution in [0.5, 0.6) is 0 Å². The van der Waals surface area contributed by atoms with E-state index in [0.29, 0.717) is 19.7 Å². The zero-order chi connectivity index (χ0) is 15.2. The average Bonchev–Trinajstić information content (AvgIpc) is 2.38. The Labute approximate surface area is 122 Å². The molecule has 4 heteroatoms. The summed E-state index contributed by atoms with van der Waals surface area (Å²) >= 11 is 0. The molecule has 0 aliphatic heterocycles. The molecule has 0 aliphatic rings. The topological polar surface area (TPSA) is 43.3 Å². The van der Waals surface area contributed by atoms with Crippen molar-refractivity contribution in [3.05, 3.63) is 33.7 Å². The van der Waals surface area contributed by atoms with Crippen LogP contribution >= 0.6 is 0 Å². The molecule has 1 N–H and O–H groups in total. The highest BCUT2D eigenvalue weighted by Crippen LogP contribution is 2.21. The molecule has 0 saturated carbocycles. The standard InChI is InChI=1S/C16H28N2O2/c1-6-9-17-12-13-7-8-14(16(2,3)4)18(15(13)19)10-11-20-5/h7-8,17H,6,9-12H2,1-5H3. The second-order valence-corrected chi connectivity index (χ2v) is 6.12. The van der Waals surface area contributed by atoms with Crippen LogP contribution in [-0.2, 0) is 23.2 Å². The van der Waals surface area contributed by atoms with E-state index in [0.717, 1.165) is 24.2 Å². The minimum atomic E-state index is -0.0533. The lowest BCUT2D eigenvalue weighted by Gasteiger charge is -2.25. The smallest absolute Gasteiger partial charge is 0.255 e. The summed E-state index contributed by atoms with van der Waals surface area (Å²) in [6.07, 6.45) is 1.07. The lowest BCUT2D eigenvalue weighted by atomic mass is 9.90. The highest BCUT2D eigenvalue weighted by atomic mass is 16.5. The molecule has 0 bridgehead atoms. The van der Waals surface area contributed by atoms with Crippen molar-refractivity contribution in [3.63, 3.8) is 0 Å². The Kier molecular flexibility index (Phi) is 6.43. The van der Waals surface area contributed by atoms with Gasteiger partial charge in [0.25, 0.3) is 5.56 Å². The fourth-order valence-corrected chi connectivity index (χ4v) is 2.22. The molecular formula is C16H28N2O2. The van der Waals surface area contributed by atoms with Crippen molar-refractivity contribution in [2.75, 3.05) is 20.3 Å². The maximum absolute atomic E-state index is 12.6. The minimum absolute atomic E-state index is 0.0533. The molecule has 114 valence electrons. The molecule has 0 aliphatic carbocycles. The molecule has 0 amide bonds. The Morgan fingerprint density at radius 2 is 2.00 bits per heavy atom. The van der Waals surface area contributed by atoms with E-state index < -0.39 is 0 Å². The van der Waals surface area contributed by atoms with E-state index >= 15 is 0 Å². The molecule has 0 saturated heterocycles. The first-order valence-corrected chi connectivity index (χ1v) is 7.34. The average molecular weight is 280 g/mol. The quantitative estimate of drug-likeness (QED) is 0.779. The van der Waals surface area contributed by atoms with E-state index in [1.165, 1.54) is 0 Å². The molecule has 0 spiro atoms. The second-order valence-electron chi connectivity index (χ2n) is 6.12. The van der Waals surface area contributed by atoms with Crippen LogP contribution in [0.25, 0.3) is 0 Å². The van der Waals surface area contributed by atoms with Crippen LogP contribution in [0.4, 0.5) is 0 Å². The maximum atomic E-state index is 12.6. The molecule has 1 aromatic heterocycles. The zero-order valence-corrected chi connectivity index (χ0v) is 13.5. The molecule has 4 nitrogen and oxygen atoms in total. The van der Waals surface area contributed by atoms with Gasteiger partial charge in [-0.15, -0.1) is 0 Å². The van der Waals surface area contributed by atoms with Gasteiger partial charge in [0.15, 0.2) is 0 Å². The van der Waals surface area contributed by atoms with Crippen molar-refractivity contribution in [1.29, 1.82) is 0 Å². The third kappa shape index (κ3) is 4.46. The van der Waals surface area contributed by atoms with E-state index in [-0.39, 0.29) is 11.0 Å². The Morgan fingerprint density at radius 3 is 2.55 bits per heavy atom. The largest absolute Gasteiger partial charge is 0.383 e. The SMILES string of the molecule is CCCNCc1ccc(C(C)(C)C)n(CCOC)c1=O. The van der Waals surface area contributed by atoms with Crippen LogP contribution in [0.15, 0.2) is 16.9 Å². The van der Waals surface area contributed by atoms with Crippen LogP contribution in [0.2, 0.25) is 0 Å². The van der Waals surface area contributed by atoms with Crippen molar-refractivity contribution >= 4 is 0 Å². The maximum Gasteiger partial charge on any atom is 0.255 e. The fraction of sp³-hybridized carbons (Fsp3) is 0.688. The highest BCUT2D eigenvalue weighted by molar-refractivity contribution is 5.21. The minimum Gasteiger partial charge on any atom is -0.383 e. The second kappa shape index (κ2) is 7.60. The predicted molar refractivity (Wildman–Crippen MR) is 83.3 cm³/mol. The summed E-state index contributed by atoms with van der Waals surface area (Å²) in [5.74, 6) is 0. The number of ether oxygens (including phenoxy) is 1. The van der Waals surface area contributed by atoms with E-state index in [9.17, 15) is 4.79 Å². The molecule has 0 unspecified atom stereocenters. The van der Waals surface area contributed by atoms with E-state index in [1.807, 2.05) is 10.6 Å². The molecule has 20 heavy (non-hydrogen) atoms. The molecule has 1 rings (SSSR count). The molecule has 1 heterocycles. The fourth-order valence-electron chi connectivity index (χ4n) is 2.22. The Morgan fingerprint density at radius 1 is 1.30 bits per heavy atom. The van der Waals surface area contributed by atoms with Crippen LogP contribution in [0.1, 0.15) is 45.4 Å². The van der Waals surface area contributed by atoms with Gasteiger partial charge in [-0.25, -0.2) is 0 Å².